The molecule has 12 heteroatoms. The molecule has 0 aromatic heterocycles. The molecule has 0 spiro atoms. The molecule has 1 heterocycles. The van der Waals surface area contributed by atoms with E-state index in [-0.39, 0.29) is 25.9 Å². The van der Waals surface area contributed by atoms with Gasteiger partial charge in [0.05, 0.1) is 6.61 Å². The predicted molar refractivity (Wildman–Crippen MR) is 321 cm³/mol. The van der Waals surface area contributed by atoms with Crippen molar-refractivity contribution < 1.29 is 58.2 Å². The van der Waals surface area contributed by atoms with Gasteiger partial charge >= 0.3 is 23.9 Å². The van der Waals surface area contributed by atoms with Gasteiger partial charge in [-0.3, -0.25) is 14.4 Å². The first-order valence-corrected chi connectivity index (χ1v) is 31.6. The summed E-state index contributed by atoms with van der Waals surface area (Å²) >= 11 is 0. The fourth-order valence-electron chi connectivity index (χ4n) is 9.08. The highest BCUT2D eigenvalue weighted by Gasteiger charge is 2.50. The normalized spacial score (nSPS) is 18.4. The second kappa shape index (κ2) is 54.5. The van der Waals surface area contributed by atoms with Gasteiger partial charge < -0.3 is 39.0 Å². The van der Waals surface area contributed by atoms with Crippen LogP contribution in [-0.4, -0.2) is 89.2 Å². The van der Waals surface area contributed by atoms with Gasteiger partial charge in [0.1, 0.15) is 18.8 Å². The summed E-state index contributed by atoms with van der Waals surface area (Å²) in [6.45, 7) is 5.81. The van der Waals surface area contributed by atoms with E-state index in [9.17, 15) is 34.5 Å². The molecule has 1 fully saturated rings. The molecule has 6 unspecified atom stereocenters. The molecule has 0 saturated carbocycles. The van der Waals surface area contributed by atoms with E-state index in [1.165, 1.54) is 64.2 Å². The lowest BCUT2D eigenvalue weighted by Gasteiger charge is -2.40. The van der Waals surface area contributed by atoms with Crippen molar-refractivity contribution in [2.45, 2.75) is 302 Å². The minimum atomic E-state index is -1.91. The Balaban J connectivity index is 2.64. The van der Waals surface area contributed by atoms with Gasteiger partial charge in [0.15, 0.2) is 24.6 Å². The molecule has 1 rings (SSSR count). The first-order chi connectivity index (χ1) is 38.6. The maximum atomic E-state index is 13.1. The number of rotatable bonds is 53. The Labute approximate surface area is 480 Å². The largest absolute Gasteiger partial charge is 0.479 e. The second-order valence-corrected chi connectivity index (χ2v) is 21.3. The van der Waals surface area contributed by atoms with E-state index in [1.807, 2.05) is 0 Å². The first kappa shape index (κ1) is 72.9. The number of carboxylic acids is 1. The van der Waals surface area contributed by atoms with Gasteiger partial charge in [0.2, 0.25) is 0 Å². The van der Waals surface area contributed by atoms with Crippen LogP contribution in [0.5, 0.6) is 0 Å². The first-order valence-electron chi connectivity index (χ1n) is 31.6. The van der Waals surface area contributed by atoms with E-state index in [1.54, 1.807) is 0 Å². The molecule has 0 aromatic carbocycles. The van der Waals surface area contributed by atoms with E-state index >= 15 is 0 Å². The Morgan fingerprint density at radius 1 is 0.430 bits per heavy atom. The van der Waals surface area contributed by atoms with Gasteiger partial charge in [-0.1, -0.05) is 221 Å². The minimum Gasteiger partial charge on any atom is -0.479 e. The van der Waals surface area contributed by atoms with Crippen LogP contribution in [0.15, 0.2) is 85.1 Å². The Morgan fingerprint density at radius 2 is 0.810 bits per heavy atom. The molecule has 452 valence electrons. The van der Waals surface area contributed by atoms with Gasteiger partial charge in [0.25, 0.3) is 0 Å². The third-order valence-corrected chi connectivity index (χ3v) is 13.9. The highest BCUT2D eigenvalue weighted by atomic mass is 16.7. The third-order valence-electron chi connectivity index (χ3n) is 13.9. The Kier molecular flexibility index (Phi) is 50.3. The summed E-state index contributed by atoms with van der Waals surface area (Å²) in [4.78, 5) is 51.2. The molecule has 1 saturated heterocycles. The van der Waals surface area contributed by atoms with Crippen molar-refractivity contribution in [3.63, 3.8) is 0 Å². The summed E-state index contributed by atoms with van der Waals surface area (Å²) < 4.78 is 28.5. The van der Waals surface area contributed by atoms with Crippen molar-refractivity contribution in [2.75, 3.05) is 13.2 Å². The average Bonchev–Trinajstić information content (AvgIpc) is 3.48. The van der Waals surface area contributed by atoms with Crippen LogP contribution < -0.4 is 0 Å². The van der Waals surface area contributed by atoms with Crippen LogP contribution in [-0.2, 0) is 42.9 Å². The van der Waals surface area contributed by atoms with Crippen LogP contribution in [0, 0.1) is 0 Å². The lowest BCUT2D eigenvalue weighted by atomic mass is 9.98. The molecule has 6 atom stereocenters. The van der Waals surface area contributed by atoms with E-state index in [0.29, 0.717) is 19.3 Å². The number of ether oxygens (including phenoxy) is 5. The molecule has 1 aliphatic heterocycles. The standard InChI is InChI=1S/C67H112O12/c1-4-7-10-13-16-19-22-24-26-28-30-32-34-36-39-41-44-47-50-53-59(68)75-56-58(77-60(69)54-51-48-45-42-38-21-18-15-12-9-6-3)57-76-67-65(63(72)62(71)64(79-67)66(73)74)78-61(70)55-52-49-46-43-40-37-35-33-31-29-27-25-23-20-17-14-11-8-5-2/h7,10,15-20,24-27,30,32,58,62-65,67,71-72H,4-6,8-9,11-14,21-23,28-29,31,33-57H2,1-3H3,(H,73,74)/b10-7-,18-15-,19-16-,20-17-,26-24-,27-25-,32-30-. The number of carbonyl (C=O) groups is 4. The van der Waals surface area contributed by atoms with Crippen LogP contribution >= 0.6 is 0 Å². The van der Waals surface area contributed by atoms with Gasteiger partial charge in [-0.15, -0.1) is 0 Å². The Morgan fingerprint density at radius 3 is 1.27 bits per heavy atom. The van der Waals surface area contributed by atoms with E-state index in [2.05, 4.69) is 106 Å². The maximum absolute atomic E-state index is 13.1. The Bertz CT molecular complexity index is 1700. The summed E-state index contributed by atoms with van der Waals surface area (Å²) in [5.41, 5.74) is 0. The number of allylic oxidation sites excluding steroid dienone is 14. The number of aliphatic carboxylic acids is 1. The molecule has 0 aliphatic carbocycles. The number of esters is 3. The lowest BCUT2D eigenvalue weighted by Crippen LogP contribution is -2.61. The highest BCUT2D eigenvalue weighted by molar-refractivity contribution is 5.74. The summed E-state index contributed by atoms with van der Waals surface area (Å²) in [5, 5.41) is 31.5. The fraction of sp³-hybridized carbons (Fsp3) is 0.731. The predicted octanol–water partition coefficient (Wildman–Crippen LogP) is 16.7. The number of carboxylic acid groups (broad SMARTS) is 1. The van der Waals surface area contributed by atoms with Crippen LogP contribution in [0.3, 0.4) is 0 Å². The molecular formula is C67H112O12. The number of carbonyl (C=O) groups excluding carboxylic acids is 3. The van der Waals surface area contributed by atoms with E-state index in [4.69, 9.17) is 23.7 Å². The van der Waals surface area contributed by atoms with Gasteiger partial charge in [-0.25, -0.2) is 4.79 Å². The summed E-state index contributed by atoms with van der Waals surface area (Å²) in [7, 11) is 0. The molecule has 0 aromatic rings. The third kappa shape index (κ3) is 44.3. The van der Waals surface area contributed by atoms with Gasteiger partial charge in [0, 0.05) is 19.3 Å². The molecule has 1 aliphatic rings. The van der Waals surface area contributed by atoms with E-state index < -0.39 is 67.3 Å². The molecular weight excluding hydrogens is 997 g/mol. The zero-order valence-corrected chi connectivity index (χ0v) is 49.8. The number of hydrogen-bond donors (Lipinski definition) is 3. The van der Waals surface area contributed by atoms with Crippen molar-refractivity contribution in [3.05, 3.63) is 85.1 Å². The second-order valence-electron chi connectivity index (χ2n) is 21.3. The zero-order valence-electron chi connectivity index (χ0n) is 49.8. The molecule has 3 N–H and O–H groups in total. The quantitative estimate of drug-likeness (QED) is 0.0228. The van der Waals surface area contributed by atoms with Crippen LogP contribution in [0.1, 0.15) is 265 Å². The summed E-state index contributed by atoms with van der Waals surface area (Å²) in [5.74, 6) is -3.15. The summed E-state index contributed by atoms with van der Waals surface area (Å²) in [6.07, 6.45) is 58.3. The molecule has 12 nitrogen and oxygen atoms in total. The highest BCUT2D eigenvalue weighted by Crippen LogP contribution is 2.26. The number of aliphatic hydroxyl groups is 2. The molecule has 0 radical (unpaired) electrons. The van der Waals surface area contributed by atoms with Crippen molar-refractivity contribution >= 4 is 23.9 Å². The molecule has 79 heavy (non-hydrogen) atoms. The number of aliphatic hydroxyl groups excluding tert-OH is 2. The zero-order chi connectivity index (χ0) is 57.5. The molecule has 0 bridgehead atoms. The molecule has 0 amide bonds. The fourth-order valence-corrected chi connectivity index (χ4v) is 9.08. The van der Waals surface area contributed by atoms with Gasteiger partial charge in [-0.05, 0) is 109 Å². The monoisotopic (exact) mass is 1110 g/mol. The average molecular weight is 1110 g/mol. The number of unbranched alkanes of at least 4 members (excludes halogenated alkanes) is 25. The van der Waals surface area contributed by atoms with Crippen molar-refractivity contribution in [3.8, 4) is 0 Å². The summed E-state index contributed by atoms with van der Waals surface area (Å²) in [6, 6.07) is 0. The smallest absolute Gasteiger partial charge is 0.335 e. The van der Waals surface area contributed by atoms with Crippen LogP contribution in [0.4, 0.5) is 0 Å². The SMILES string of the molecule is CC/C=C\C/C=C\C/C=C\C/C=C\CCCCCCCCC(=O)OCC(COC1OC(C(=O)O)C(O)C(O)C1OC(=O)CCCCCCCCCCC/C=C\C/C=C\CCCCC)OC(=O)CCCCCCC/C=C\CCCC. The van der Waals surface area contributed by atoms with Gasteiger partial charge in [-0.2, -0.15) is 0 Å². The Hall–Kier alpha value is -4.10. The minimum absolute atomic E-state index is 0.0511. The van der Waals surface area contributed by atoms with Crippen molar-refractivity contribution in [1.82, 2.24) is 0 Å². The number of hydrogen-bond acceptors (Lipinski definition) is 11. The van der Waals surface area contributed by atoms with Crippen LogP contribution in [0.25, 0.3) is 0 Å². The van der Waals surface area contributed by atoms with E-state index in [0.717, 1.165) is 141 Å². The van der Waals surface area contributed by atoms with Crippen molar-refractivity contribution in [1.29, 1.82) is 0 Å². The maximum Gasteiger partial charge on any atom is 0.335 e. The lowest BCUT2D eigenvalue weighted by molar-refractivity contribution is -0.301. The van der Waals surface area contributed by atoms with Crippen molar-refractivity contribution in [2.24, 2.45) is 0 Å². The van der Waals surface area contributed by atoms with Crippen LogP contribution in [0.2, 0.25) is 0 Å². The topological polar surface area (TPSA) is 175 Å².